The summed E-state index contributed by atoms with van der Waals surface area (Å²) < 4.78 is 5.09. The lowest BCUT2D eigenvalue weighted by molar-refractivity contribution is -0.122. The number of methoxy groups -OCH3 is 1. The average Bonchev–Trinajstić information content (AvgIpc) is 2.43. The molecule has 4 nitrogen and oxygen atoms in total. The van der Waals surface area contributed by atoms with Gasteiger partial charge in [-0.2, -0.15) is 0 Å². The maximum Gasteiger partial charge on any atom is 0.227 e. The quantitative estimate of drug-likeness (QED) is 0.805. The van der Waals surface area contributed by atoms with Gasteiger partial charge in [-0.25, -0.2) is 0 Å². The fourth-order valence-corrected chi connectivity index (χ4v) is 1.55. The lowest BCUT2D eigenvalue weighted by atomic mass is 10.0. The molecule has 1 aromatic rings. The monoisotopic (exact) mass is 250 g/mol. The first-order valence-electron chi connectivity index (χ1n) is 6.17. The van der Waals surface area contributed by atoms with Crippen LogP contribution in [0.5, 0.6) is 5.75 Å². The number of amides is 1. The Morgan fingerprint density at radius 1 is 1.28 bits per heavy atom. The van der Waals surface area contributed by atoms with E-state index in [1.54, 1.807) is 7.11 Å². The molecule has 0 aliphatic heterocycles. The van der Waals surface area contributed by atoms with Gasteiger partial charge in [-0.05, 0) is 38.6 Å². The summed E-state index contributed by atoms with van der Waals surface area (Å²) in [6, 6.07) is 7.86. The number of benzene rings is 1. The van der Waals surface area contributed by atoms with E-state index in [1.165, 1.54) is 0 Å². The van der Waals surface area contributed by atoms with E-state index in [2.05, 4.69) is 10.6 Å². The fourth-order valence-electron chi connectivity index (χ4n) is 1.55. The number of ether oxygens (including phenoxy) is 1. The predicted molar refractivity (Wildman–Crippen MR) is 72.9 cm³/mol. The minimum atomic E-state index is -0.153. The van der Waals surface area contributed by atoms with Gasteiger partial charge >= 0.3 is 0 Å². The molecule has 18 heavy (non-hydrogen) atoms. The maximum atomic E-state index is 11.9. The molecule has 100 valence electrons. The molecular weight excluding hydrogens is 228 g/mol. The van der Waals surface area contributed by atoms with E-state index in [0.29, 0.717) is 6.54 Å². The van der Waals surface area contributed by atoms with Crippen LogP contribution >= 0.6 is 0 Å². The maximum absolute atomic E-state index is 11.9. The third kappa shape index (κ3) is 4.04. The minimum Gasteiger partial charge on any atom is -0.497 e. The number of likely N-dealkylation sites (N-methyl/N-ethyl adjacent to an activating group) is 1. The zero-order chi connectivity index (χ0) is 13.5. The lowest BCUT2D eigenvalue weighted by Crippen LogP contribution is -2.38. The highest BCUT2D eigenvalue weighted by atomic mass is 16.5. The van der Waals surface area contributed by atoms with Gasteiger partial charge < -0.3 is 15.4 Å². The van der Waals surface area contributed by atoms with Crippen LogP contribution in [0.3, 0.4) is 0 Å². The van der Waals surface area contributed by atoms with Gasteiger partial charge in [-0.1, -0.05) is 12.1 Å². The van der Waals surface area contributed by atoms with Crippen LogP contribution in [-0.4, -0.2) is 32.7 Å². The molecule has 1 aromatic carbocycles. The van der Waals surface area contributed by atoms with Gasteiger partial charge in [0.25, 0.3) is 0 Å². The summed E-state index contributed by atoms with van der Waals surface area (Å²) in [5.74, 6) is 0.692. The van der Waals surface area contributed by atoms with Crippen molar-refractivity contribution in [2.24, 2.45) is 0 Å². The van der Waals surface area contributed by atoms with Gasteiger partial charge in [0.1, 0.15) is 5.75 Å². The molecular formula is C14H22N2O2. The Labute approximate surface area is 109 Å². The number of carbonyl (C=O) groups is 1. The van der Waals surface area contributed by atoms with Gasteiger partial charge in [0.05, 0.1) is 13.0 Å². The fraction of sp³-hybridized carbons (Fsp3) is 0.500. The van der Waals surface area contributed by atoms with Crippen molar-refractivity contribution < 1.29 is 9.53 Å². The van der Waals surface area contributed by atoms with Gasteiger partial charge in [-0.3, -0.25) is 4.79 Å². The minimum absolute atomic E-state index is 0.0438. The molecule has 0 aliphatic rings. The molecule has 2 unspecified atom stereocenters. The topological polar surface area (TPSA) is 50.4 Å². The Morgan fingerprint density at radius 3 is 2.39 bits per heavy atom. The van der Waals surface area contributed by atoms with Gasteiger partial charge in [0.2, 0.25) is 5.91 Å². The van der Waals surface area contributed by atoms with Crippen LogP contribution in [0, 0.1) is 0 Å². The molecule has 2 N–H and O–H groups in total. The number of hydrogen-bond donors (Lipinski definition) is 2. The van der Waals surface area contributed by atoms with E-state index in [-0.39, 0.29) is 17.9 Å². The zero-order valence-corrected chi connectivity index (χ0v) is 11.5. The van der Waals surface area contributed by atoms with Crippen molar-refractivity contribution in [1.82, 2.24) is 10.6 Å². The number of nitrogens with one attached hydrogen (secondary N) is 2. The van der Waals surface area contributed by atoms with Gasteiger partial charge in [0.15, 0.2) is 0 Å². The van der Waals surface area contributed by atoms with Crippen LogP contribution in [0.25, 0.3) is 0 Å². The van der Waals surface area contributed by atoms with Crippen molar-refractivity contribution in [3.8, 4) is 5.75 Å². The van der Waals surface area contributed by atoms with Gasteiger partial charge in [-0.15, -0.1) is 0 Å². The summed E-state index contributed by atoms with van der Waals surface area (Å²) in [4.78, 5) is 11.9. The third-order valence-electron chi connectivity index (χ3n) is 3.08. The second kappa shape index (κ2) is 7.01. The van der Waals surface area contributed by atoms with Crippen molar-refractivity contribution in [3.63, 3.8) is 0 Å². The van der Waals surface area contributed by atoms with E-state index >= 15 is 0 Å². The van der Waals surface area contributed by atoms with E-state index in [4.69, 9.17) is 4.74 Å². The molecule has 0 heterocycles. The summed E-state index contributed by atoms with van der Waals surface area (Å²) in [6.45, 7) is 4.56. The molecule has 0 radical (unpaired) electrons. The Bertz CT molecular complexity index is 376. The largest absolute Gasteiger partial charge is 0.497 e. The third-order valence-corrected chi connectivity index (χ3v) is 3.08. The van der Waals surface area contributed by atoms with E-state index < -0.39 is 0 Å². The molecule has 0 saturated heterocycles. The summed E-state index contributed by atoms with van der Waals surface area (Å²) in [6.07, 6.45) is 0. The first-order chi connectivity index (χ1) is 8.58. The molecule has 0 aromatic heterocycles. The van der Waals surface area contributed by atoms with E-state index in [9.17, 15) is 4.79 Å². The molecule has 0 saturated carbocycles. The first kappa shape index (κ1) is 14.5. The van der Waals surface area contributed by atoms with Crippen LogP contribution in [0.1, 0.15) is 25.3 Å². The van der Waals surface area contributed by atoms with Crippen molar-refractivity contribution >= 4 is 5.91 Å². The first-order valence-corrected chi connectivity index (χ1v) is 6.17. The number of rotatable bonds is 6. The summed E-state index contributed by atoms with van der Waals surface area (Å²) in [5.41, 5.74) is 0.991. The van der Waals surface area contributed by atoms with Crippen molar-refractivity contribution in [3.05, 3.63) is 29.8 Å². The Hall–Kier alpha value is -1.55. The molecule has 0 bridgehead atoms. The normalized spacial score (nSPS) is 13.8. The summed E-state index contributed by atoms with van der Waals surface area (Å²) >= 11 is 0. The van der Waals surface area contributed by atoms with E-state index in [1.807, 2.05) is 45.2 Å². The molecule has 0 spiro atoms. The molecule has 0 aliphatic carbocycles. The Kier molecular flexibility index (Phi) is 5.65. The van der Waals surface area contributed by atoms with Gasteiger partial charge in [0, 0.05) is 12.6 Å². The zero-order valence-electron chi connectivity index (χ0n) is 11.5. The second-order valence-corrected chi connectivity index (χ2v) is 4.43. The molecule has 1 rings (SSSR count). The standard InChI is InChI=1S/C14H22N2O2/c1-10(15-3)9-16-14(17)11(2)12-5-7-13(18-4)8-6-12/h5-8,10-11,15H,9H2,1-4H3,(H,16,17). The van der Waals surface area contributed by atoms with Crippen LogP contribution in [-0.2, 0) is 4.79 Å². The molecule has 2 atom stereocenters. The molecule has 0 fully saturated rings. The average molecular weight is 250 g/mol. The highest BCUT2D eigenvalue weighted by Crippen LogP contribution is 2.19. The number of carbonyl (C=O) groups excluding carboxylic acids is 1. The SMILES string of the molecule is CNC(C)CNC(=O)C(C)c1ccc(OC)cc1. The Balaban J connectivity index is 2.56. The van der Waals surface area contributed by atoms with Crippen LogP contribution in [0.2, 0.25) is 0 Å². The van der Waals surface area contributed by atoms with Crippen molar-refractivity contribution in [2.45, 2.75) is 25.8 Å². The molecule has 4 heteroatoms. The highest BCUT2D eigenvalue weighted by Gasteiger charge is 2.15. The van der Waals surface area contributed by atoms with E-state index in [0.717, 1.165) is 11.3 Å². The summed E-state index contributed by atoms with van der Waals surface area (Å²) in [7, 11) is 3.51. The van der Waals surface area contributed by atoms with Crippen LogP contribution in [0.15, 0.2) is 24.3 Å². The summed E-state index contributed by atoms with van der Waals surface area (Å²) in [5, 5.41) is 6.01. The molecule has 1 amide bonds. The van der Waals surface area contributed by atoms with Crippen LogP contribution in [0.4, 0.5) is 0 Å². The lowest BCUT2D eigenvalue weighted by Gasteiger charge is -2.15. The second-order valence-electron chi connectivity index (χ2n) is 4.43. The predicted octanol–water partition coefficient (Wildman–Crippen LogP) is 1.52. The smallest absolute Gasteiger partial charge is 0.227 e. The highest BCUT2D eigenvalue weighted by molar-refractivity contribution is 5.83. The van der Waals surface area contributed by atoms with Crippen LogP contribution < -0.4 is 15.4 Å². The number of hydrogen-bond acceptors (Lipinski definition) is 3. The Morgan fingerprint density at radius 2 is 1.89 bits per heavy atom. The van der Waals surface area contributed by atoms with Crippen molar-refractivity contribution in [2.75, 3.05) is 20.7 Å². The van der Waals surface area contributed by atoms with Crippen molar-refractivity contribution in [1.29, 1.82) is 0 Å².